The second-order valence-corrected chi connectivity index (χ2v) is 13.4. The molecule has 9 heteroatoms. The molecule has 0 saturated carbocycles. The third kappa shape index (κ3) is 38.1. The average Bonchev–Trinajstić information content (AvgIpc) is 3.07. The van der Waals surface area contributed by atoms with E-state index in [-0.39, 0.29) is 19.4 Å². The zero-order valence-corrected chi connectivity index (χ0v) is 31.5. The standard InChI is InChI=1S/C40H67O8P/c1-3-5-7-9-11-13-15-17-18-19-20-21-22-23-25-27-29-31-33-35-40(42)48-38(37-47-49(43,44)45)36-46-39(41)34-32-30-28-26-24-16-14-12-10-8-6-4-2/h5,7,11-14,17-18,20-21,23,25,38H,3-4,6,8-10,15-16,19,22,24,26-37H2,1-2H3,(H2,43,44,45)/b7-5+,13-11+,14-12+,18-17+,21-20+,25-23+/t38-/m1/s1. The molecule has 0 aromatic heterocycles. The monoisotopic (exact) mass is 706 g/mol. The zero-order chi connectivity index (χ0) is 36.1. The molecule has 280 valence electrons. The number of esters is 2. The highest BCUT2D eigenvalue weighted by molar-refractivity contribution is 7.46. The van der Waals surface area contributed by atoms with E-state index in [1.54, 1.807) is 0 Å². The molecule has 0 heterocycles. The molecular weight excluding hydrogens is 639 g/mol. The number of unbranched alkanes of at least 4 members (excludes halogenated alkanes) is 11. The van der Waals surface area contributed by atoms with Crippen LogP contribution in [0.4, 0.5) is 0 Å². The number of carbonyl (C=O) groups excluding carboxylic acids is 2. The lowest BCUT2D eigenvalue weighted by atomic mass is 10.1. The van der Waals surface area contributed by atoms with Crippen LogP contribution in [0.15, 0.2) is 72.9 Å². The van der Waals surface area contributed by atoms with Crippen LogP contribution in [0.25, 0.3) is 0 Å². The van der Waals surface area contributed by atoms with E-state index < -0.39 is 32.5 Å². The molecule has 0 amide bonds. The fraction of sp³-hybridized carbons (Fsp3) is 0.650. The van der Waals surface area contributed by atoms with E-state index in [4.69, 9.17) is 19.3 Å². The van der Waals surface area contributed by atoms with Crippen LogP contribution in [-0.4, -0.2) is 41.0 Å². The summed E-state index contributed by atoms with van der Waals surface area (Å²) in [5, 5.41) is 0. The van der Waals surface area contributed by atoms with Crippen LogP contribution >= 0.6 is 7.82 Å². The highest BCUT2D eigenvalue weighted by Gasteiger charge is 2.22. The predicted octanol–water partition coefficient (Wildman–Crippen LogP) is 11.1. The summed E-state index contributed by atoms with van der Waals surface area (Å²) < 4.78 is 26.3. The van der Waals surface area contributed by atoms with Gasteiger partial charge in [0.1, 0.15) is 6.61 Å². The number of rotatable bonds is 33. The van der Waals surface area contributed by atoms with Gasteiger partial charge in [0.05, 0.1) is 6.61 Å². The second-order valence-electron chi connectivity index (χ2n) is 12.2. The smallest absolute Gasteiger partial charge is 0.462 e. The van der Waals surface area contributed by atoms with Gasteiger partial charge in [-0.2, -0.15) is 0 Å². The van der Waals surface area contributed by atoms with Crippen molar-refractivity contribution in [3.05, 3.63) is 72.9 Å². The number of allylic oxidation sites excluding steroid dienone is 12. The van der Waals surface area contributed by atoms with Crippen molar-refractivity contribution in [3.63, 3.8) is 0 Å². The van der Waals surface area contributed by atoms with Crippen LogP contribution in [0, 0.1) is 0 Å². The molecule has 0 rings (SSSR count). The molecule has 0 aliphatic rings. The van der Waals surface area contributed by atoms with Gasteiger partial charge < -0.3 is 19.3 Å². The number of phosphoric ester groups is 1. The molecule has 0 unspecified atom stereocenters. The Bertz CT molecular complexity index is 1020. The number of hydrogen-bond acceptors (Lipinski definition) is 6. The summed E-state index contributed by atoms with van der Waals surface area (Å²) in [4.78, 5) is 42.7. The normalized spacial score (nSPS) is 13.3. The summed E-state index contributed by atoms with van der Waals surface area (Å²) in [5.74, 6) is -0.941. The van der Waals surface area contributed by atoms with Gasteiger partial charge in [-0.1, -0.05) is 125 Å². The van der Waals surface area contributed by atoms with Gasteiger partial charge in [-0.05, 0) is 83.5 Å². The SMILES string of the molecule is CC/C=C/C/C=C/C/C=C/C/C=C/C/C=C/CCCCCC(=O)O[C@H](COC(=O)CCCCCCC/C=C/CCCCC)COP(=O)(O)O. The van der Waals surface area contributed by atoms with E-state index in [0.717, 1.165) is 89.9 Å². The van der Waals surface area contributed by atoms with Crippen molar-refractivity contribution in [3.8, 4) is 0 Å². The first-order valence-corrected chi connectivity index (χ1v) is 20.3. The van der Waals surface area contributed by atoms with Gasteiger partial charge in [-0.15, -0.1) is 0 Å². The molecule has 0 aromatic rings. The molecule has 0 spiro atoms. The van der Waals surface area contributed by atoms with Crippen molar-refractivity contribution in [1.29, 1.82) is 0 Å². The Morgan fingerprint density at radius 1 is 0.551 bits per heavy atom. The summed E-state index contributed by atoms with van der Waals surface area (Å²) in [6.07, 6.45) is 44.8. The molecule has 0 bridgehead atoms. The van der Waals surface area contributed by atoms with E-state index in [9.17, 15) is 14.2 Å². The summed E-state index contributed by atoms with van der Waals surface area (Å²) in [7, 11) is -4.76. The minimum absolute atomic E-state index is 0.167. The van der Waals surface area contributed by atoms with Crippen LogP contribution in [0.1, 0.15) is 149 Å². The lowest BCUT2D eigenvalue weighted by Gasteiger charge is -2.18. The average molecular weight is 707 g/mol. The number of phosphoric acid groups is 1. The minimum Gasteiger partial charge on any atom is -0.462 e. The maximum absolute atomic E-state index is 12.4. The van der Waals surface area contributed by atoms with Crippen molar-refractivity contribution in [2.24, 2.45) is 0 Å². The van der Waals surface area contributed by atoms with Crippen LogP contribution in [-0.2, 0) is 28.2 Å². The Morgan fingerprint density at radius 3 is 1.51 bits per heavy atom. The van der Waals surface area contributed by atoms with Crippen molar-refractivity contribution < 1.29 is 37.9 Å². The lowest BCUT2D eigenvalue weighted by Crippen LogP contribution is -2.29. The molecule has 0 aliphatic heterocycles. The van der Waals surface area contributed by atoms with Gasteiger partial charge in [0.15, 0.2) is 6.10 Å². The van der Waals surface area contributed by atoms with E-state index in [0.29, 0.717) is 12.8 Å². The molecule has 0 aromatic carbocycles. The van der Waals surface area contributed by atoms with Crippen LogP contribution in [0.3, 0.4) is 0 Å². The Morgan fingerprint density at radius 2 is 0.980 bits per heavy atom. The second kappa shape index (κ2) is 35.3. The summed E-state index contributed by atoms with van der Waals surface area (Å²) in [6.45, 7) is 3.49. The fourth-order valence-corrected chi connectivity index (χ4v) is 5.05. The van der Waals surface area contributed by atoms with E-state index in [1.165, 1.54) is 19.3 Å². The first kappa shape index (κ1) is 46.5. The van der Waals surface area contributed by atoms with Crippen LogP contribution in [0.5, 0.6) is 0 Å². The lowest BCUT2D eigenvalue weighted by molar-refractivity contribution is -0.161. The summed E-state index contributed by atoms with van der Waals surface area (Å²) in [5.41, 5.74) is 0. The van der Waals surface area contributed by atoms with Gasteiger partial charge in [0, 0.05) is 12.8 Å². The largest absolute Gasteiger partial charge is 0.469 e. The van der Waals surface area contributed by atoms with E-state index >= 15 is 0 Å². The molecule has 0 fully saturated rings. The molecule has 2 N–H and O–H groups in total. The molecule has 0 aliphatic carbocycles. The molecule has 0 saturated heterocycles. The predicted molar refractivity (Wildman–Crippen MR) is 202 cm³/mol. The topological polar surface area (TPSA) is 119 Å². The van der Waals surface area contributed by atoms with E-state index in [1.807, 2.05) is 0 Å². The quantitative estimate of drug-likeness (QED) is 0.0299. The van der Waals surface area contributed by atoms with Crippen molar-refractivity contribution >= 4 is 19.8 Å². The fourth-order valence-electron chi connectivity index (χ4n) is 4.69. The van der Waals surface area contributed by atoms with Gasteiger partial charge >= 0.3 is 19.8 Å². The maximum Gasteiger partial charge on any atom is 0.469 e. The number of carbonyl (C=O) groups is 2. The third-order valence-electron chi connectivity index (χ3n) is 7.46. The summed E-state index contributed by atoms with van der Waals surface area (Å²) >= 11 is 0. The molecule has 8 nitrogen and oxygen atoms in total. The Labute approximate surface area is 298 Å². The Hall–Kier alpha value is -2.51. The zero-order valence-electron chi connectivity index (χ0n) is 30.6. The van der Waals surface area contributed by atoms with Crippen molar-refractivity contribution in [1.82, 2.24) is 0 Å². The third-order valence-corrected chi connectivity index (χ3v) is 7.94. The first-order valence-electron chi connectivity index (χ1n) is 18.7. The molecule has 49 heavy (non-hydrogen) atoms. The van der Waals surface area contributed by atoms with Crippen LogP contribution < -0.4 is 0 Å². The maximum atomic E-state index is 12.4. The summed E-state index contributed by atoms with van der Waals surface area (Å²) in [6, 6.07) is 0. The van der Waals surface area contributed by atoms with Crippen LogP contribution in [0.2, 0.25) is 0 Å². The van der Waals surface area contributed by atoms with Gasteiger partial charge in [-0.3, -0.25) is 14.1 Å². The van der Waals surface area contributed by atoms with E-state index in [2.05, 4.69) is 91.3 Å². The van der Waals surface area contributed by atoms with Gasteiger partial charge in [0.2, 0.25) is 0 Å². The van der Waals surface area contributed by atoms with Crippen molar-refractivity contribution in [2.75, 3.05) is 13.2 Å². The minimum atomic E-state index is -4.76. The van der Waals surface area contributed by atoms with Gasteiger partial charge in [0.25, 0.3) is 0 Å². The Balaban J connectivity index is 4.08. The molecule has 0 radical (unpaired) electrons. The number of ether oxygens (including phenoxy) is 2. The van der Waals surface area contributed by atoms with Gasteiger partial charge in [-0.25, -0.2) is 4.57 Å². The highest BCUT2D eigenvalue weighted by Crippen LogP contribution is 2.35. The van der Waals surface area contributed by atoms with Crippen molar-refractivity contribution in [2.45, 2.75) is 155 Å². The number of hydrogen-bond donors (Lipinski definition) is 2. The molecule has 1 atom stereocenters. The molecular formula is C40H67O8P. The highest BCUT2D eigenvalue weighted by atomic mass is 31.2. The Kier molecular flexibility index (Phi) is 33.5. The first-order chi connectivity index (χ1) is 23.8.